The number of aliphatic imine (C=N–C) groups is 1. The molecule has 1 rings (SSSR count). The highest BCUT2D eigenvalue weighted by molar-refractivity contribution is 14.0. The van der Waals surface area contributed by atoms with Gasteiger partial charge in [-0.05, 0) is 34.1 Å². The van der Waals surface area contributed by atoms with Crippen LogP contribution in [0.2, 0.25) is 0 Å². The maximum Gasteiger partial charge on any atom is 0.209 e. The highest BCUT2D eigenvalue weighted by Gasteiger charge is 2.26. The molecule has 0 aromatic carbocycles. The number of nitrogens with zero attached hydrogens (tertiary/aromatic N) is 2. The molecule has 1 aliphatic heterocycles. The van der Waals surface area contributed by atoms with Gasteiger partial charge in [-0.3, -0.25) is 4.99 Å². The molecule has 0 radical (unpaired) electrons. The molecule has 0 saturated carbocycles. The van der Waals surface area contributed by atoms with E-state index in [1.165, 1.54) is 6.26 Å². The Kier molecular flexibility index (Phi) is 10.7. The van der Waals surface area contributed by atoms with E-state index in [0.717, 1.165) is 45.2 Å². The molecule has 9 heteroatoms. The number of halogens is 1. The van der Waals surface area contributed by atoms with Crippen molar-refractivity contribution in [2.45, 2.75) is 39.7 Å². The summed E-state index contributed by atoms with van der Waals surface area (Å²) in [5.74, 6) is 1.37. The molecule has 0 bridgehead atoms. The van der Waals surface area contributed by atoms with Crippen LogP contribution in [-0.4, -0.2) is 70.5 Å². The summed E-state index contributed by atoms with van der Waals surface area (Å²) in [7, 11) is -3.25. The summed E-state index contributed by atoms with van der Waals surface area (Å²) in [4.78, 5) is 6.86. The topological polar surface area (TPSA) is 83.0 Å². The van der Waals surface area contributed by atoms with Crippen LogP contribution in [0, 0.1) is 5.92 Å². The smallest absolute Gasteiger partial charge is 0.209 e. The predicted molar refractivity (Wildman–Crippen MR) is 110 cm³/mol. The van der Waals surface area contributed by atoms with Gasteiger partial charge >= 0.3 is 0 Å². The molecule has 2 N–H and O–H groups in total. The molecule has 1 atom stereocenters. The van der Waals surface area contributed by atoms with Crippen molar-refractivity contribution in [2.75, 3.05) is 45.6 Å². The van der Waals surface area contributed by atoms with Crippen LogP contribution in [0.3, 0.4) is 0 Å². The van der Waals surface area contributed by atoms with Crippen molar-refractivity contribution in [3.05, 3.63) is 0 Å². The van der Waals surface area contributed by atoms with Gasteiger partial charge in [-0.25, -0.2) is 13.1 Å². The third-order valence-corrected chi connectivity index (χ3v) is 4.49. The number of nitrogens with one attached hydrogen (secondary N) is 2. The largest absolute Gasteiger partial charge is 0.381 e. The lowest BCUT2D eigenvalue weighted by molar-refractivity contribution is 0.114. The van der Waals surface area contributed by atoms with Gasteiger partial charge in [0.2, 0.25) is 10.0 Å². The number of hydrogen-bond acceptors (Lipinski definition) is 4. The summed E-state index contributed by atoms with van der Waals surface area (Å²) < 4.78 is 31.0. The van der Waals surface area contributed by atoms with E-state index in [1.54, 1.807) is 0 Å². The van der Waals surface area contributed by atoms with Gasteiger partial charge in [0, 0.05) is 37.7 Å². The van der Waals surface area contributed by atoms with Gasteiger partial charge in [-0.15, -0.1) is 24.0 Å². The van der Waals surface area contributed by atoms with Crippen LogP contribution in [0.4, 0.5) is 0 Å². The lowest BCUT2D eigenvalue weighted by atomic mass is 10.1. The monoisotopic (exact) mass is 476 g/mol. The summed E-state index contributed by atoms with van der Waals surface area (Å²) in [5.41, 5.74) is -0.612. The van der Waals surface area contributed by atoms with E-state index in [-0.39, 0.29) is 24.0 Å². The van der Waals surface area contributed by atoms with Gasteiger partial charge in [-0.1, -0.05) is 0 Å². The molecule has 24 heavy (non-hydrogen) atoms. The van der Waals surface area contributed by atoms with Crippen molar-refractivity contribution in [3.63, 3.8) is 0 Å². The Bertz CT molecular complexity index is 497. The average Bonchev–Trinajstić information content (AvgIpc) is 2.87. The van der Waals surface area contributed by atoms with Crippen LogP contribution in [-0.2, 0) is 14.8 Å². The zero-order valence-corrected chi connectivity index (χ0v) is 18.6. The lowest BCUT2D eigenvalue weighted by Gasteiger charge is -2.26. The van der Waals surface area contributed by atoms with Gasteiger partial charge in [0.25, 0.3) is 0 Å². The van der Waals surface area contributed by atoms with Crippen LogP contribution >= 0.6 is 24.0 Å². The van der Waals surface area contributed by atoms with Crippen LogP contribution in [0.15, 0.2) is 4.99 Å². The van der Waals surface area contributed by atoms with Crippen molar-refractivity contribution >= 4 is 40.0 Å². The maximum absolute atomic E-state index is 11.4. The van der Waals surface area contributed by atoms with Gasteiger partial charge in [0.15, 0.2) is 5.96 Å². The van der Waals surface area contributed by atoms with E-state index in [4.69, 9.17) is 4.74 Å². The molecule has 0 aliphatic carbocycles. The quantitative estimate of drug-likeness (QED) is 0.313. The first-order valence-electron chi connectivity index (χ1n) is 8.27. The van der Waals surface area contributed by atoms with Crippen LogP contribution in [0.25, 0.3) is 0 Å². The Balaban J connectivity index is 0.00000529. The molecule has 0 aromatic heterocycles. The number of sulfonamides is 1. The van der Waals surface area contributed by atoms with E-state index >= 15 is 0 Å². The summed E-state index contributed by atoms with van der Waals surface area (Å²) >= 11 is 0. The first kappa shape index (κ1) is 23.9. The van der Waals surface area contributed by atoms with Crippen LogP contribution in [0.5, 0.6) is 0 Å². The minimum atomic E-state index is -3.25. The molecule has 7 nitrogen and oxygen atoms in total. The minimum Gasteiger partial charge on any atom is -0.381 e. The molecule has 1 fully saturated rings. The Hall–Kier alpha value is -0.130. The number of hydrogen-bond donors (Lipinski definition) is 2. The third kappa shape index (κ3) is 9.38. The molecule has 0 aromatic rings. The van der Waals surface area contributed by atoms with Crippen molar-refractivity contribution < 1.29 is 13.2 Å². The molecule has 1 aliphatic rings. The summed E-state index contributed by atoms with van der Waals surface area (Å²) in [6.45, 7) is 12.3. The van der Waals surface area contributed by atoms with E-state index in [2.05, 4.69) is 19.9 Å². The summed E-state index contributed by atoms with van der Waals surface area (Å²) in [5, 5.41) is 3.29. The minimum absolute atomic E-state index is 0. The van der Waals surface area contributed by atoms with Crippen molar-refractivity contribution in [2.24, 2.45) is 10.9 Å². The molecule has 144 valence electrons. The Morgan fingerprint density at radius 2 is 2.04 bits per heavy atom. The van der Waals surface area contributed by atoms with Gasteiger partial charge in [0.05, 0.1) is 19.4 Å². The van der Waals surface area contributed by atoms with E-state index < -0.39 is 15.6 Å². The zero-order valence-electron chi connectivity index (χ0n) is 15.5. The summed E-state index contributed by atoms with van der Waals surface area (Å²) in [6.07, 6.45) is 2.26. The van der Waals surface area contributed by atoms with E-state index in [9.17, 15) is 8.42 Å². The SMILES string of the molecule is CCNC(=NCC(C)(C)NS(C)(=O)=O)N1CCC(COCC)C1.I. The fourth-order valence-corrected chi connectivity index (χ4v) is 3.75. The lowest BCUT2D eigenvalue weighted by Crippen LogP contribution is -2.47. The molecule has 0 amide bonds. The Morgan fingerprint density at radius 1 is 1.38 bits per heavy atom. The van der Waals surface area contributed by atoms with Crippen molar-refractivity contribution in [3.8, 4) is 0 Å². The Labute approximate surface area is 164 Å². The first-order valence-corrected chi connectivity index (χ1v) is 10.2. The normalized spacial score (nSPS) is 19.3. The number of ether oxygens (including phenoxy) is 1. The van der Waals surface area contributed by atoms with Gasteiger partial charge < -0.3 is 15.0 Å². The second kappa shape index (κ2) is 10.8. The average molecular weight is 476 g/mol. The van der Waals surface area contributed by atoms with E-state index in [0.29, 0.717) is 12.5 Å². The standard InChI is InChI=1S/C15H32N4O3S.HI/c1-6-16-14(17-12-15(3,4)18-23(5,20)21)19-9-8-13(10-19)11-22-7-2;/h13,18H,6-12H2,1-5H3,(H,16,17);1H. The zero-order chi connectivity index (χ0) is 17.5. The second-order valence-electron chi connectivity index (χ2n) is 6.69. The number of guanidine groups is 1. The highest BCUT2D eigenvalue weighted by Crippen LogP contribution is 2.17. The Morgan fingerprint density at radius 3 is 2.58 bits per heavy atom. The van der Waals surface area contributed by atoms with Crippen molar-refractivity contribution in [1.82, 2.24) is 14.9 Å². The molecular weight excluding hydrogens is 443 g/mol. The molecule has 1 saturated heterocycles. The molecular formula is C15H33IN4O3S. The number of likely N-dealkylation sites (tertiary alicyclic amines) is 1. The predicted octanol–water partition coefficient (Wildman–Crippen LogP) is 1.26. The molecule has 1 heterocycles. The maximum atomic E-state index is 11.4. The first-order chi connectivity index (χ1) is 10.7. The van der Waals surface area contributed by atoms with E-state index in [1.807, 2.05) is 27.7 Å². The summed E-state index contributed by atoms with van der Waals surface area (Å²) in [6, 6.07) is 0. The number of rotatable bonds is 8. The second-order valence-corrected chi connectivity index (χ2v) is 8.44. The fraction of sp³-hybridized carbons (Fsp3) is 0.933. The molecule has 1 unspecified atom stereocenters. The van der Waals surface area contributed by atoms with Crippen molar-refractivity contribution in [1.29, 1.82) is 0 Å². The van der Waals surface area contributed by atoms with Gasteiger partial charge in [-0.2, -0.15) is 0 Å². The van der Waals surface area contributed by atoms with Crippen LogP contribution < -0.4 is 10.0 Å². The third-order valence-electron chi connectivity index (χ3n) is 3.56. The molecule has 0 spiro atoms. The fourth-order valence-electron chi connectivity index (χ4n) is 2.68. The highest BCUT2D eigenvalue weighted by atomic mass is 127. The van der Waals surface area contributed by atoms with Gasteiger partial charge in [0.1, 0.15) is 0 Å². The van der Waals surface area contributed by atoms with Crippen LogP contribution in [0.1, 0.15) is 34.1 Å².